The van der Waals surface area contributed by atoms with E-state index in [1.165, 1.54) is 0 Å². The Hall–Kier alpha value is -2.10. The number of pyridine rings is 2. The molecular formula is C12H13N3O. The molecule has 0 aromatic carbocycles. The molecule has 2 heterocycles. The molecule has 2 N–H and O–H groups in total. The normalized spacial score (nSPS) is 10.0. The maximum Gasteiger partial charge on any atom is 0.139 e. The number of nitrogens with two attached hydrogens (primary N) is 1. The number of hydrogen-bond donors (Lipinski definition) is 1. The van der Waals surface area contributed by atoms with Crippen LogP contribution in [0.15, 0.2) is 42.9 Å². The molecule has 2 aromatic heterocycles. The van der Waals surface area contributed by atoms with Crippen LogP contribution in [0.2, 0.25) is 0 Å². The monoisotopic (exact) mass is 215 g/mol. The first-order chi connectivity index (χ1) is 7.84. The summed E-state index contributed by atoms with van der Waals surface area (Å²) in [5.41, 5.74) is 7.21. The van der Waals surface area contributed by atoms with Crippen LogP contribution in [0.3, 0.4) is 0 Å². The van der Waals surface area contributed by atoms with Gasteiger partial charge in [0.15, 0.2) is 0 Å². The second kappa shape index (κ2) is 5.11. The van der Waals surface area contributed by atoms with E-state index in [-0.39, 0.29) is 0 Å². The first-order valence-electron chi connectivity index (χ1n) is 5.08. The van der Waals surface area contributed by atoms with Crippen molar-refractivity contribution in [2.24, 2.45) is 0 Å². The molecule has 0 bridgehead atoms. The van der Waals surface area contributed by atoms with Gasteiger partial charge in [0.1, 0.15) is 5.75 Å². The largest absolute Gasteiger partial charge is 0.491 e. The summed E-state index contributed by atoms with van der Waals surface area (Å²) in [7, 11) is 0. The van der Waals surface area contributed by atoms with E-state index >= 15 is 0 Å². The third-order valence-corrected chi connectivity index (χ3v) is 2.09. The summed E-state index contributed by atoms with van der Waals surface area (Å²) < 4.78 is 5.51. The van der Waals surface area contributed by atoms with E-state index in [0.29, 0.717) is 18.0 Å². The molecule has 2 aromatic rings. The quantitative estimate of drug-likeness (QED) is 0.842. The highest BCUT2D eigenvalue weighted by Gasteiger charge is 1.96. The molecule has 2 rings (SSSR count). The molecule has 0 atom stereocenters. The molecule has 0 aliphatic carbocycles. The molecule has 0 fully saturated rings. The Morgan fingerprint density at radius 2 is 2.19 bits per heavy atom. The summed E-state index contributed by atoms with van der Waals surface area (Å²) in [6.45, 7) is 0.572. The van der Waals surface area contributed by atoms with Gasteiger partial charge >= 0.3 is 0 Å². The number of nitrogen functional groups attached to an aromatic ring is 1. The maximum atomic E-state index is 5.59. The third kappa shape index (κ3) is 2.95. The van der Waals surface area contributed by atoms with Crippen LogP contribution in [0.5, 0.6) is 5.75 Å². The molecule has 82 valence electrons. The van der Waals surface area contributed by atoms with Crippen molar-refractivity contribution in [2.45, 2.75) is 6.42 Å². The maximum absolute atomic E-state index is 5.59. The van der Waals surface area contributed by atoms with Crippen molar-refractivity contribution in [2.75, 3.05) is 12.3 Å². The topological polar surface area (TPSA) is 61.0 Å². The van der Waals surface area contributed by atoms with Crippen molar-refractivity contribution in [3.63, 3.8) is 0 Å². The molecule has 0 aliphatic rings. The molecule has 4 nitrogen and oxygen atoms in total. The van der Waals surface area contributed by atoms with Gasteiger partial charge in [-0.2, -0.15) is 0 Å². The Bertz CT molecular complexity index is 445. The smallest absolute Gasteiger partial charge is 0.139 e. The van der Waals surface area contributed by atoms with E-state index in [2.05, 4.69) is 9.97 Å². The summed E-state index contributed by atoms with van der Waals surface area (Å²) in [5.74, 6) is 0.691. The van der Waals surface area contributed by atoms with Crippen LogP contribution < -0.4 is 10.5 Å². The van der Waals surface area contributed by atoms with E-state index in [1.807, 2.05) is 18.2 Å². The fraction of sp³-hybridized carbons (Fsp3) is 0.167. The lowest BCUT2D eigenvalue weighted by Gasteiger charge is -2.05. The first-order valence-corrected chi connectivity index (χ1v) is 5.08. The van der Waals surface area contributed by atoms with Gasteiger partial charge in [0.2, 0.25) is 0 Å². The fourth-order valence-corrected chi connectivity index (χ4v) is 1.33. The molecule has 0 saturated heterocycles. The Balaban J connectivity index is 1.85. The van der Waals surface area contributed by atoms with E-state index in [1.54, 1.807) is 24.7 Å². The number of rotatable bonds is 4. The van der Waals surface area contributed by atoms with Crippen LogP contribution in [-0.2, 0) is 6.42 Å². The SMILES string of the molecule is Nc1cncc(OCCc2ccccn2)c1. The third-order valence-electron chi connectivity index (χ3n) is 2.09. The van der Waals surface area contributed by atoms with Crippen molar-refractivity contribution in [1.82, 2.24) is 9.97 Å². The van der Waals surface area contributed by atoms with Crippen molar-refractivity contribution in [1.29, 1.82) is 0 Å². The zero-order chi connectivity index (χ0) is 11.2. The van der Waals surface area contributed by atoms with Gasteiger partial charge in [-0.05, 0) is 12.1 Å². The number of nitrogens with zero attached hydrogens (tertiary/aromatic N) is 2. The van der Waals surface area contributed by atoms with Crippen molar-refractivity contribution in [3.8, 4) is 5.75 Å². The molecule has 0 unspecified atom stereocenters. The van der Waals surface area contributed by atoms with Crippen molar-refractivity contribution < 1.29 is 4.74 Å². The minimum atomic E-state index is 0.572. The van der Waals surface area contributed by atoms with E-state index in [0.717, 1.165) is 12.1 Å². The summed E-state index contributed by atoms with van der Waals surface area (Å²) in [4.78, 5) is 8.15. The van der Waals surface area contributed by atoms with Gasteiger partial charge in [-0.3, -0.25) is 9.97 Å². The van der Waals surface area contributed by atoms with Gasteiger partial charge in [-0.1, -0.05) is 6.07 Å². The lowest BCUT2D eigenvalue weighted by atomic mass is 10.3. The summed E-state index contributed by atoms with van der Waals surface area (Å²) in [6.07, 6.45) is 5.79. The average Bonchev–Trinajstić information content (AvgIpc) is 2.30. The molecule has 16 heavy (non-hydrogen) atoms. The van der Waals surface area contributed by atoms with E-state index < -0.39 is 0 Å². The Kier molecular flexibility index (Phi) is 3.33. The zero-order valence-corrected chi connectivity index (χ0v) is 8.84. The second-order valence-corrected chi connectivity index (χ2v) is 3.37. The van der Waals surface area contributed by atoms with Crippen LogP contribution in [-0.4, -0.2) is 16.6 Å². The zero-order valence-electron chi connectivity index (χ0n) is 8.84. The van der Waals surface area contributed by atoms with Crippen LogP contribution >= 0.6 is 0 Å². The number of ether oxygens (including phenoxy) is 1. The van der Waals surface area contributed by atoms with Gasteiger partial charge in [0.25, 0.3) is 0 Å². The summed E-state index contributed by atoms with van der Waals surface area (Å²) in [6, 6.07) is 7.59. The molecule has 4 heteroatoms. The minimum absolute atomic E-state index is 0.572. The number of anilines is 1. The van der Waals surface area contributed by atoms with E-state index in [9.17, 15) is 0 Å². The van der Waals surface area contributed by atoms with Gasteiger partial charge in [0.05, 0.1) is 24.7 Å². The van der Waals surface area contributed by atoms with Crippen LogP contribution in [0, 0.1) is 0 Å². The van der Waals surface area contributed by atoms with Gasteiger partial charge in [-0.25, -0.2) is 0 Å². The van der Waals surface area contributed by atoms with Crippen molar-refractivity contribution in [3.05, 3.63) is 48.5 Å². The fourth-order valence-electron chi connectivity index (χ4n) is 1.33. The predicted octanol–water partition coefficient (Wildman–Crippen LogP) is 1.68. The van der Waals surface area contributed by atoms with Gasteiger partial charge < -0.3 is 10.5 Å². The molecule has 0 amide bonds. The standard InChI is InChI=1S/C12H13N3O/c13-10-7-12(9-14-8-10)16-6-4-11-3-1-2-5-15-11/h1-3,5,7-9H,4,6,13H2. The lowest BCUT2D eigenvalue weighted by Crippen LogP contribution is -2.03. The second-order valence-electron chi connectivity index (χ2n) is 3.37. The minimum Gasteiger partial charge on any atom is -0.491 e. The number of aromatic nitrogens is 2. The first kappa shape index (κ1) is 10.4. The van der Waals surface area contributed by atoms with Crippen LogP contribution in [0.4, 0.5) is 5.69 Å². The van der Waals surface area contributed by atoms with Crippen LogP contribution in [0.25, 0.3) is 0 Å². The summed E-state index contributed by atoms with van der Waals surface area (Å²) >= 11 is 0. The van der Waals surface area contributed by atoms with E-state index in [4.69, 9.17) is 10.5 Å². The molecule has 0 spiro atoms. The van der Waals surface area contributed by atoms with Crippen molar-refractivity contribution >= 4 is 5.69 Å². The van der Waals surface area contributed by atoms with Gasteiger partial charge in [-0.15, -0.1) is 0 Å². The molecule has 0 aliphatic heterocycles. The Morgan fingerprint density at radius 1 is 1.25 bits per heavy atom. The lowest BCUT2D eigenvalue weighted by molar-refractivity contribution is 0.319. The number of hydrogen-bond acceptors (Lipinski definition) is 4. The molecular weight excluding hydrogens is 202 g/mol. The highest BCUT2D eigenvalue weighted by atomic mass is 16.5. The Morgan fingerprint density at radius 3 is 2.94 bits per heavy atom. The van der Waals surface area contributed by atoms with Crippen LogP contribution in [0.1, 0.15) is 5.69 Å². The highest BCUT2D eigenvalue weighted by Crippen LogP contribution is 2.12. The van der Waals surface area contributed by atoms with Gasteiger partial charge in [0, 0.05) is 24.4 Å². The average molecular weight is 215 g/mol. The Labute approximate surface area is 94.1 Å². The molecule has 0 radical (unpaired) electrons. The highest BCUT2D eigenvalue weighted by molar-refractivity contribution is 5.39. The molecule has 0 saturated carbocycles. The predicted molar refractivity (Wildman–Crippen MR) is 62.1 cm³/mol. The summed E-state index contributed by atoms with van der Waals surface area (Å²) in [5, 5.41) is 0.